The summed E-state index contributed by atoms with van der Waals surface area (Å²) >= 11 is 0. The molecule has 1 heterocycles. The van der Waals surface area contributed by atoms with Crippen LogP contribution in [0.25, 0.3) is 0 Å². The van der Waals surface area contributed by atoms with Gasteiger partial charge in [-0.25, -0.2) is 0 Å². The molecule has 1 aliphatic rings. The first kappa shape index (κ1) is 9.01. The molecule has 1 fully saturated rings. The van der Waals surface area contributed by atoms with Crippen LogP contribution >= 0.6 is 0 Å². The first-order valence-corrected chi connectivity index (χ1v) is 4.62. The van der Waals surface area contributed by atoms with E-state index in [4.69, 9.17) is 0 Å². The van der Waals surface area contributed by atoms with E-state index in [0.717, 1.165) is 6.54 Å². The zero-order chi connectivity index (χ0) is 8.32. The third kappa shape index (κ3) is 1.94. The Kier molecular flexibility index (Phi) is 2.90. The van der Waals surface area contributed by atoms with Gasteiger partial charge in [0.05, 0.1) is 0 Å². The highest BCUT2D eigenvalue weighted by Crippen LogP contribution is 2.31. The Morgan fingerprint density at radius 2 is 2.00 bits per heavy atom. The number of hydrogen-bond donors (Lipinski definition) is 1. The van der Waals surface area contributed by atoms with E-state index in [0.29, 0.717) is 5.41 Å². The number of nitrogens with one attached hydrogen (secondary N) is 1. The maximum atomic E-state index is 3.44. The van der Waals surface area contributed by atoms with Crippen LogP contribution in [0.3, 0.4) is 0 Å². The number of likely N-dealkylation sites (tertiary alicyclic amines) is 1. The Morgan fingerprint density at radius 1 is 1.36 bits per heavy atom. The lowest BCUT2D eigenvalue weighted by Gasteiger charge is -2.48. The molecule has 2 heteroatoms. The second-order valence-corrected chi connectivity index (χ2v) is 3.81. The van der Waals surface area contributed by atoms with Gasteiger partial charge >= 0.3 is 0 Å². The Labute approximate surface area is 70.0 Å². The van der Waals surface area contributed by atoms with Crippen molar-refractivity contribution in [1.82, 2.24) is 10.2 Å². The Hall–Kier alpha value is -0.0800. The fourth-order valence-electron chi connectivity index (χ4n) is 1.95. The van der Waals surface area contributed by atoms with Crippen molar-refractivity contribution in [1.29, 1.82) is 0 Å². The van der Waals surface area contributed by atoms with E-state index in [9.17, 15) is 0 Å². The third-order valence-electron chi connectivity index (χ3n) is 2.71. The quantitative estimate of drug-likeness (QED) is 0.651. The van der Waals surface area contributed by atoms with Crippen LogP contribution in [-0.2, 0) is 0 Å². The summed E-state index contributed by atoms with van der Waals surface area (Å²) in [5.41, 5.74) is 0.602. The van der Waals surface area contributed by atoms with Crippen molar-refractivity contribution < 1.29 is 0 Å². The summed E-state index contributed by atoms with van der Waals surface area (Å²) < 4.78 is 0. The molecule has 0 radical (unpaired) electrons. The summed E-state index contributed by atoms with van der Waals surface area (Å²) in [6.45, 7) is 9.32. The molecule has 66 valence electrons. The summed E-state index contributed by atoms with van der Waals surface area (Å²) in [6.07, 6.45) is 1.31. The van der Waals surface area contributed by atoms with Gasteiger partial charge in [0.15, 0.2) is 0 Å². The van der Waals surface area contributed by atoms with E-state index in [1.165, 1.54) is 26.1 Å². The fraction of sp³-hybridized carbons (Fsp3) is 1.00. The summed E-state index contributed by atoms with van der Waals surface area (Å²) in [5, 5.41) is 3.44. The minimum atomic E-state index is 0.602. The molecule has 1 saturated heterocycles. The summed E-state index contributed by atoms with van der Waals surface area (Å²) in [6, 6.07) is 0. The van der Waals surface area contributed by atoms with Gasteiger partial charge in [0.2, 0.25) is 0 Å². The molecule has 0 aliphatic carbocycles. The number of hydrogen-bond acceptors (Lipinski definition) is 2. The number of rotatable bonds is 4. The standard InChI is InChI=1S/C9H20N2/c1-4-9(6-10-5-2)7-11(3)8-9/h10H,4-8H2,1-3H3. The molecular formula is C9H20N2. The lowest BCUT2D eigenvalue weighted by Crippen LogP contribution is -2.58. The highest BCUT2D eigenvalue weighted by atomic mass is 15.2. The molecule has 1 rings (SSSR count). The van der Waals surface area contributed by atoms with Crippen molar-refractivity contribution in [3.63, 3.8) is 0 Å². The molecule has 0 amide bonds. The van der Waals surface area contributed by atoms with Crippen LogP contribution in [0, 0.1) is 5.41 Å². The van der Waals surface area contributed by atoms with Gasteiger partial charge in [-0.05, 0) is 20.0 Å². The third-order valence-corrected chi connectivity index (χ3v) is 2.71. The van der Waals surface area contributed by atoms with Gasteiger partial charge in [-0.1, -0.05) is 13.8 Å². The van der Waals surface area contributed by atoms with Crippen molar-refractivity contribution in [2.24, 2.45) is 5.41 Å². The predicted molar refractivity (Wildman–Crippen MR) is 48.8 cm³/mol. The van der Waals surface area contributed by atoms with Gasteiger partial charge in [-0.3, -0.25) is 0 Å². The average Bonchev–Trinajstić information content (AvgIpc) is 1.96. The lowest BCUT2D eigenvalue weighted by molar-refractivity contribution is 0.0197. The molecule has 0 atom stereocenters. The predicted octanol–water partition coefficient (Wildman–Crippen LogP) is 0.938. The lowest BCUT2D eigenvalue weighted by atomic mass is 9.78. The zero-order valence-corrected chi connectivity index (χ0v) is 7.98. The molecule has 11 heavy (non-hydrogen) atoms. The maximum Gasteiger partial charge on any atom is 0.00794 e. The SMILES string of the molecule is CCNCC1(CC)CN(C)C1. The molecule has 0 unspecified atom stereocenters. The van der Waals surface area contributed by atoms with Crippen LogP contribution in [0.4, 0.5) is 0 Å². The van der Waals surface area contributed by atoms with Crippen molar-refractivity contribution in [3.05, 3.63) is 0 Å². The minimum absolute atomic E-state index is 0.602. The Bertz CT molecular complexity index is 117. The molecule has 0 aromatic rings. The van der Waals surface area contributed by atoms with E-state index in [-0.39, 0.29) is 0 Å². The van der Waals surface area contributed by atoms with E-state index in [1.807, 2.05) is 0 Å². The minimum Gasteiger partial charge on any atom is -0.316 e. The molecule has 0 spiro atoms. The highest BCUT2D eigenvalue weighted by Gasteiger charge is 2.38. The van der Waals surface area contributed by atoms with Gasteiger partial charge in [0, 0.05) is 25.0 Å². The average molecular weight is 156 g/mol. The smallest absolute Gasteiger partial charge is 0.00794 e. The molecule has 2 nitrogen and oxygen atoms in total. The van der Waals surface area contributed by atoms with Gasteiger partial charge in [0.25, 0.3) is 0 Å². The summed E-state index contributed by atoms with van der Waals surface area (Å²) in [4.78, 5) is 2.39. The molecular weight excluding hydrogens is 136 g/mol. The molecule has 0 saturated carbocycles. The van der Waals surface area contributed by atoms with Crippen molar-refractivity contribution in [2.45, 2.75) is 20.3 Å². The van der Waals surface area contributed by atoms with Gasteiger partial charge in [-0.2, -0.15) is 0 Å². The zero-order valence-electron chi connectivity index (χ0n) is 7.98. The van der Waals surface area contributed by atoms with Crippen LogP contribution in [0.5, 0.6) is 0 Å². The molecule has 0 aromatic heterocycles. The topological polar surface area (TPSA) is 15.3 Å². The largest absolute Gasteiger partial charge is 0.316 e. The van der Waals surface area contributed by atoms with E-state index >= 15 is 0 Å². The van der Waals surface area contributed by atoms with Crippen LogP contribution in [0.1, 0.15) is 20.3 Å². The van der Waals surface area contributed by atoms with Crippen LogP contribution in [0.15, 0.2) is 0 Å². The second kappa shape index (κ2) is 3.55. The van der Waals surface area contributed by atoms with E-state index in [2.05, 4.69) is 31.1 Å². The fourth-order valence-corrected chi connectivity index (χ4v) is 1.95. The first-order valence-electron chi connectivity index (χ1n) is 4.62. The highest BCUT2D eigenvalue weighted by molar-refractivity contribution is 4.93. The van der Waals surface area contributed by atoms with Crippen LogP contribution in [0.2, 0.25) is 0 Å². The second-order valence-electron chi connectivity index (χ2n) is 3.81. The molecule has 0 aromatic carbocycles. The van der Waals surface area contributed by atoms with E-state index < -0.39 is 0 Å². The van der Waals surface area contributed by atoms with Crippen LogP contribution in [-0.4, -0.2) is 38.1 Å². The molecule has 1 N–H and O–H groups in total. The van der Waals surface area contributed by atoms with Gasteiger partial charge in [-0.15, -0.1) is 0 Å². The Morgan fingerprint density at radius 3 is 2.36 bits per heavy atom. The van der Waals surface area contributed by atoms with Crippen molar-refractivity contribution >= 4 is 0 Å². The van der Waals surface area contributed by atoms with Gasteiger partial charge < -0.3 is 10.2 Å². The normalized spacial score (nSPS) is 23.2. The molecule has 1 aliphatic heterocycles. The summed E-state index contributed by atoms with van der Waals surface area (Å²) in [5.74, 6) is 0. The Balaban J connectivity index is 2.26. The van der Waals surface area contributed by atoms with Crippen LogP contribution < -0.4 is 5.32 Å². The first-order chi connectivity index (χ1) is 5.22. The molecule has 0 bridgehead atoms. The number of nitrogens with zero attached hydrogens (tertiary/aromatic N) is 1. The van der Waals surface area contributed by atoms with E-state index in [1.54, 1.807) is 0 Å². The monoisotopic (exact) mass is 156 g/mol. The van der Waals surface area contributed by atoms with Crippen molar-refractivity contribution in [3.8, 4) is 0 Å². The summed E-state index contributed by atoms with van der Waals surface area (Å²) in [7, 11) is 2.19. The van der Waals surface area contributed by atoms with Gasteiger partial charge in [0.1, 0.15) is 0 Å². The maximum absolute atomic E-state index is 3.44. The van der Waals surface area contributed by atoms with Crippen molar-refractivity contribution in [2.75, 3.05) is 33.2 Å².